The van der Waals surface area contributed by atoms with Crippen molar-refractivity contribution in [3.8, 4) is 0 Å². The first-order chi connectivity index (χ1) is 17.2. The minimum Gasteiger partial charge on any atom is -0.325 e. The molecule has 1 aliphatic rings. The van der Waals surface area contributed by atoms with Gasteiger partial charge in [-0.25, -0.2) is 12.8 Å². The number of benzene rings is 3. The highest BCUT2D eigenvalue weighted by Crippen LogP contribution is 2.30. The van der Waals surface area contributed by atoms with Crippen molar-refractivity contribution >= 4 is 33.2 Å². The number of rotatable bonds is 8. The molecule has 7 nitrogen and oxygen atoms in total. The van der Waals surface area contributed by atoms with Crippen LogP contribution in [0.2, 0.25) is 0 Å². The third-order valence-electron chi connectivity index (χ3n) is 6.20. The predicted octanol–water partition coefficient (Wildman–Crippen LogP) is 3.96. The fourth-order valence-corrected chi connectivity index (χ4v) is 5.43. The Balaban J connectivity index is 1.59. The average molecular weight is 510 g/mol. The van der Waals surface area contributed by atoms with Crippen LogP contribution in [0.1, 0.15) is 30.0 Å². The van der Waals surface area contributed by atoms with Crippen LogP contribution in [-0.4, -0.2) is 32.8 Å². The largest absolute Gasteiger partial charge is 0.325 e. The quantitative estimate of drug-likeness (QED) is 0.481. The molecular formula is C27H28FN3O4S. The number of aryl methyl sites for hydroxylation is 1. The molecule has 0 aromatic heterocycles. The van der Waals surface area contributed by atoms with Gasteiger partial charge >= 0.3 is 0 Å². The van der Waals surface area contributed by atoms with Crippen LogP contribution in [0.25, 0.3) is 0 Å². The maximum absolute atomic E-state index is 14.0. The Morgan fingerprint density at radius 2 is 1.81 bits per heavy atom. The second-order valence-electron chi connectivity index (χ2n) is 8.76. The molecule has 1 atom stereocenters. The standard InChI is InChI=1S/C27H28FN3O4S/c1-3-26(32)31-14-13-20-16-22(11-12-25(20)31)36(34,35)30-24(15-19-7-5-4-6-8-19)27(33)29-21-10-9-18(2)23(28)17-21/h4-12,16-17,24,30H,3,13-15H2,1-2H3,(H,29,33)/t24-/m0/s1. The summed E-state index contributed by atoms with van der Waals surface area (Å²) in [4.78, 5) is 27.0. The van der Waals surface area contributed by atoms with Gasteiger partial charge in [0.1, 0.15) is 11.9 Å². The number of halogens is 1. The lowest BCUT2D eigenvalue weighted by atomic mass is 10.1. The molecule has 36 heavy (non-hydrogen) atoms. The molecule has 0 radical (unpaired) electrons. The van der Waals surface area contributed by atoms with E-state index in [1.54, 1.807) is 67.3 Å². The molecule has 1 heterocycles. The first-order valence-electron chi connectivity index (χ1n) is 11.7. The number of amides is 2. The van der Waals surface area contributed by atoms with E-state index in [0.29, 0.717) is 30.6 Å². The third-order valence-corrected chi connectivity index (χ3v) is 7.67. The Labute approximate surface area is 210 Å². The summed E-state index contributed by atoms with van der Waals surface area (Å²) < 4.78 is 43.2. The molecule has 2 N–H and O–H groups in total. The van der Waals surface area contributed by atoms with Crippen LogP contribution < -0.4 is 14.9 Å². The number of nitrogens with zero attached hydrogens (tertiary/aromatic N) is 1. The molecule has 3 aromatic rings. The molecule has 2 amide bonds. The first-order valence-corrected chi connectivity index (χ1v) is 13.2. The Morgan fingerprint density at radius 1 is 1.06 bits per heavy atom. The first kappa shape index (κ1) is 25.5. The summed E-state index contributed by atoms with van der Waals surface area (Å²) in [5.74, 6) is -1.09. The number of carbonyl (C=O) groups excluding carboxylic acids is 2. The molecule has 1 aliphatic heterocycles. The Kier molecular flexibility index (Phi) is 7.51. The zero-order valence-corrected chi connectivity index (χ0v) is 20.9. The monoisotopic (exact) mass is 509 g/mol. The van der Waals surface area contributed by atoms with Gasteiger partial charge in [0.25, 0.3) is 0 Å². The van der Waals surface area contributed by atoms with Crippen molar-refractivity contribution in [2.45, 2.75) is 44.0 Å². The van der Waals surface area contributed by atoms with Gasteiger partial charge in [-0.1, -0.05) is 43.3 Å². The summed E-state index contributed by atoms with van der Waals surface area (Å²) in [5.41, 5.74) is 2.90. The van der Waals surface area contributed by atoms with Gasteiger partial charge in [0.2, 0.25) is 21.8 Å². The fourth-order valence-electron chi connectivity index (χ4n) is 4.19. The van der Waals surface area contributed by atoms with Gasteiger partial charge in [-0.15, -0.1) is 0 Å². The highest BCUT2D eigenvalue weighted by molar-refractivity contribution is 7.89. The lowest BCUT2D eigenvalue weighted by molar-refractivity contribution is -0.118. The minimum atomic E-state index is -4.08. The number of fused-ring (bicyclic) bond motifs is 1. The number of anilines is 2. The predicted molar refractivity (Wildman–Crippen MR) is 137 cm³/mol. The smallest absolute Gasteiger partial charge is 0.242 e. The normalized spacial score (nSPS) is 13.8. The van der Waals surface area contributed by atoms with E-state index in [4.69, 9.17) is 0 Å². The minimum absolute atomic E-state index is 0.0132. The van der Waals surface area contributed by atoms with Gasteiger partial charge in [0.15, 0.2) is 0 Å². The number of nitrogens with one attached hydrogen (secondary N) is 2. The van der Waals surface area contributed by atoms with E-state index < -0.39 is 27.8 Å². The molecule has 0 unspecified atom stereocenters. The summed E-state index contributed by atoms with van der Waals surface area (Å²) in [6.07, 6.45) is 1.02. The summed E-state index contributed by atoms with van der Waals surface area (Å²) in [7, 11) is -4.08. The molecule has 0 spiro atoms. The molecule has 0 saturated carbocycles. The molecule has 3 aromatic carbocycles. The van der Waals surface area contributed by atoms with Gasteiger partial charge in [0.05, 0.1) is 4.90 Å². The molecule has 4 rings (SSSR count). The van der Waals surface area contributed by atoms with Crippen LogP contribution in [0.15, 0.2) is 71.6 Å². The highest BCUT2D eigenvalue weighted by atomic mass is 32.2. The van der Waals surface area contributed by atoms with Crippen molar-refractivity contribution in [3.05, 3.63) is 89.2 Å². The zero-order chi connectivity index (χ0) is 25.9. The SMILES string of the molecule is CCC(=O)N1CCc2cc(S(=O)(=O)N[C@@H](Cc3ccccc3)C(=O)Nc3ccc(C)c(F)c3)ccc21. The summed E-state index contributed by atoms with van der Waals surface area (Å²) in [6.45, 7) is 3.90. The number of carbonyl (C=O) groups is 2. The molecule has 0 aliphatic carbocycles. The lowest BCUT2D eigenvalue weighted by Gasteiger charge is -2.20. The van der Waals surface area contributed by atoms with E-state index in [9.17, 15) is 22.4 Å². The van der Waals surface area contributed by atoms with E-state index in [0.717, 1.165) is 11.1 Å². The fraction of sp³-hybridized carbons (Fsp3) is 0.259. The van der Waals surface area contributed by atoms with Crippen molar-refractivity contribution in [1.82, 2.24) is 4.72 Å². The second kappa shape index (κ2) is 10.6. The third kappa shape index (κ3) is 5.63. The van der Waals surface area contributed by atoms with Crippen molar-refractivity contribution in [1.29, 1.82) is 0 Å². The van der Waals surface area contributed by atoms with E-state index in [1.807, 2.05) is 6.07 Å². The average Bonchev–Trinajstić information content (AvgIpc) is 3.29. The number of sulfonamides is 1. The van der Waals surface area contributed by atoms with Gasteiger partial charge < -0.3 is 10.2 Å². The Morgan fingerprint density at radius 3 is 2.50 bits per heavy atom. The van der Waals surface area contributed by atoms with Crippen LogP contribution in [0, 0.1) is 12.7 Å². The van der Waals surface area contributed by atoms with Crippen LogP contribution in [0.5, 0.6) is 0 Å². The van der Waals surface area contributed by atoms with Crippen molar-refractivity contribution in [2.75, 3.05) is 16.8 Å². The van der Waals surface area contributed by atoms with E-state index >= 15 is 0 Å². The summed E-state index contributed by atoms with van der Waals surface area (Å²) >= 11 is 0. The van der Waals surface area contributed by atoms with Gasteiger partial charge in [-0.3, -0.25) is 9.59 Å². The van der Waals surface area contributed by atoms with E-state index in [1.165, 1.54) is 12.1 Å². The summed E-state index contributed by atoms with van der Waals surface area (Å²) in [6, 6.07) is 16.8. The molecule has 0 bridgehead atoms. The molecule has 0 fully saturated rings. The van der Waals surface area contributed by atoms with Crippen molar-refractivity contribution in [3.63, 3.8) is 0 Å². The zero-order valence-electron chi connectivity index (χ0n) is 20.1. The van der Waals surface area contributed by atoms with Crippen LogP contribution in [0.4, 0.5) is 15.8 Å². The second-order valence-corrected chi connectivity index (χ2v) is 10.5. The van der Waals surface area contributed by atoms with E-state index in [-0.39, 0.29) is 22.9 Å². The Bertz CT molecular complexity index is 1390. The lowest BCUT2D eigenvalue weighted by Crippen LogP contribution is -2.45. The maximum Gasteiger partial charge on any atom is 0.242 e. The summed E-state index contributed by atoms with van der Waals surface area (Å²) in [5, 5.41) is 2.62. The van der Waals surface area contributed by atoms with Crippen molar-refractivity contribution < 1.29 is 22.4 Å². The van der Waals surface area contributed by atoms with Gasteiger partial charge in [-0.05, 0) is 66.8 Å². The maximum atomic E-state index is 14.0. The molecule has 9 heteroatoms. The molecule has 188 valence electrons. The number of hydrogen-bond donors (Lipinski definition) is 2. The van der Waals surface area contributed by atoms with Crippen molar-refractivity contribution in [2.24, 2.45) is 0 Å². The van der Waals surface area contributed by atoms with E-state index in [2.05, 4.69) is 10.0 Å². The van der Waals surface area contributed by atoms with Crippen LogP contribution in [0.3, 0.4) is 0 Å². The van der Waals surface area contributed by atoms with Crippen LogP contribution in [-0.2, 0) is 32.5 Å². The molecular weight excluding hydrogens is 481 g/mol. The topological polar surface area (TPSA) is 95.6 Å². The van der Waals surface area contributed by atoms with Gasteiger partial charge in [-0.2, -0.15) is 4.72 Å². The van der Waals surface area contributed by atoms with Gasteiger partial charge in [0, 0.05) is 24.3 Å². The Hall–Kier alpha value is -3.56. The molecule has 0 saturated heterocycles. The van der Waals surface area contributed by atoms with Crippen LogP contribution >= 0.6 is 0 Å². The number of hydrogen-bond acceptors (Lipinski definition) is 4. The highest BCUT2D eigenvalue weighted by Gasteiger charge is 2.29.